The zero-order valence-corrected chi connectivity index (χ0v) is 15.1. The number of likely N-dealkylation sites (tertiary alicyclic amines) is 1. The SMILES string of the molecule is CCNC(=NCCn1c(C)nc2ccccc21)N1CCC(C)CC1. The van der Waals surface area contributed by atoms with Crippen LogP contribution in [0.15, 0.2) is 29.3 Å². The summed E-state index contributed by atoms with van der Waals surface area (Å²) in [5.41, 5.74) is 2.26. The first-order valence-electron chi connectivity index (χ1n) is 9.14. The normalized spacial score (nSPS) is 16.8. The Labute approximate surface area is 144 Å². The summed E-state index contributed by atoms with van der Waals surface area (Å²) in [5.74, 6) is 2.96. The molecule has 0 bridgehead atoms. The van der Waals surface area contributed by atoms with Crippen LogP contribution in [0.2, 0.25) is 0 Å². The monoisotopic (exact) mass is 327 g/mol. The molecule has 5 nitrogen and oxygen atoms in total. The Morgan fingerprint density at radius 2 is 2.04 bits per heavy atom. The van der Waals surface area contributed by atoms with Crippen molar-refractivity contribution in [3.63, 3.8) is 0 Å². The smallest absolute Gasteiger partial charge is 0.193 e. The minimum Gasteiger partial charge on any atom is -0.357 e. The van der Waals surface area contributed by atoms with E-state index in [4.69, 9.17) is 4.99 Å². The van der Waals surface area contributed by atoms with Gasteiger partial charge in [-0.25, -0.2) is 4.98 Å². The van der Waals surface area contributed by atoms with Crippen LogP contribution in [0.25, 0.3) is 11.0 Å². The van der Waals surface area contributed by atoms with Crippen molar-refractivity contribution in [2.24, 2.45) is 10.9 Å². The van der Waals surface area contributed by atoms with E-state index < -0.39 is 0 Å². The minimum atomic E-state index is 0.773. The fourth-order valence-corrected chi connectivity index (χ4v) is 3.38. The molecule has 130 valence electrons. The maximum Gasteiger partial charge on any atom is 0.193 e. The van der Waals surface area contributed by atoms with Gasteiger partial charge in [-0.1, -0.05) is 19.1 Å². The molecule has 2 aromatic rings. The number of fused-ring (bicyclic) bond motifs is 1. The molecule has 0 saturated carbocycles. The van der Waals surface area contributed by atoms with Gasteiger partial charge in [-0.3, -0.25) is 4.99 Å². The Kier molecular flexibility index (Phi) is 5.38. The van der Waals surface area contributed by atoms with Crippen LogP contribution < -0.4 is 5.32 Å². The van der Waals surface area contributed by atoms with Crippen LogP contribution in [0.4, 0.5) is 0 Å². The molecule has 0 unspecified atom stereocenters. The fraction of sp³-hybridized carbons (Fsp3) is 0.579. The first-order chi connectivity index (χ1) is 11.7. The number of rotatable bonds is 4. The van der Waals surface area contributed by atoms with Gasteiger partial charge in [0.1, 0.15) is 5.82 Å². The van der Waals surface area contributed by atoms with Crippen molar-refractivity contribution in [3.05, 3.63) is 30.1 Å². The third-order valence-corrected chi connectivity index (χ3v) is 4.85. The second-order valence-electron chi connectivity index (χ2n) is 6.70. The van der Waals surface area contributed by atoms with Gasteiger partial charge in [-0.05, 0) is 44.7 Å². The highest BCUT2D eigenvalue weighted by Crippen LogP contribution is 2.17. The predicted octanol–water partition coefficient (Wildman–Crippen LogP) is 3.04. The largest absolute Gasteiger partial charge is 0.357 e. The van der Waals surface area contributed by atoms with Crippen molar-refractivity contribution in [2.75, 3.05) is 26.2 Å². The maximum atomic E-state index is 4.87. The summed E-state index contributed by atoms with van der Waals surface area (Å²) in [5, 5.41) is 3.45. The Balaban J connectivity index is 1.69. The lowest BCUT2D eigenvalue weighted by atomic mass is 10.00. The van der Waals surface area contributed by atoms with Gasteiger partial charge in [0.05, 0.1) is 17.6 Å². The van der Waals surface area contributed by atoms with Crippen LogP contribution >= 0.6 is 0 Å². The molecule has 1 fully saturated rings. The third-order valence-electron chi connectivity index (χ3n) is 4.85. The molecule has 3 rings (SSSR count). The van der Waals surface area contributed by atoms with E-state index in [0.29, 0.717) is 0 Å². The molecule has 0 atom stereocenters. The van der Waals surface area contributed by atoms with E-state index >= 15 is 0 Å². The molecule has 1 aromatic heterocycles. The standard InChI is InChI=1S/C19H29N5/c1-4-20-19(23-12-9-15(2)10-13-23)21-11-14-24-16(3)22-17-7-5-6-8-18(17)24/h5-8,15H,4,9-14H2,1-3H3,(H,20,21). The molecule has 1 aliphatic heterocycles. The fourth-order valence-electron chi connectivity index (χ4n) is 3.38. The molecule has 5 heteroatoms. The number of hydrogen-bond acceptors (Lipinski definition) is 2. The van der Waals surface area contributed by atoms with Gasteiger partial charge in [0.2, 0.25) is 0 Å². The number of hydrogen-bond donors (Lipinski definition) is 1. The first kappa shape index (κ1) is 16.8. The first-order valence-corrected chi connectivity index (χ1v) is 9.14. The van der Waals surface area contributed by atoms with Crippen LogP contribution in [0.5, 0.6) is 0 Å². The van der Waals surface area contributed by atoms with Gasteiger partial charge in [-0.2, -0.15) is 0 Å². The van der Waals surface area contributed by atoms with Crippen molar-refractivity contribution in [1.29, 1.82) is 0 Å². The number of nitrogens with one attached hydrogen (secondary N) is 1. The van der Waals surface area contributed by atoms with Gasteiger partial charge in [0, 0.05) is 26.2 Å². The van der Waals surface area contributed by atoms with E-state index in [2.05, 4.69) is 58.7 Å². The highest BCUT2D eigenvalue weighted by Gasteiger charge is 2.18. The van der Waals surface area contributed by atoms with Crippen molar-refractivity contribution >= 4 is 17.0 Å². The Hall–Kier alpha value is -2.04. The van der Waals surface area contributed by atoms with E-state index in [-0.39, 0.29) is 0 Å². The number of benzene rings is 1. The Bertz CT molecular complexity index is 695. The van der Waals surface area contributed by atoms with E-state index in [0.717, 1.165) is 55.9 Å². The lowest BCUT2D eigenvalue weighted by molar-refractivity contribution is 0.273. The van der Waals surface area contributed by atoms with Gasteiger partial charge < -0.3 is 14.8 Å². The molecule has 2 heterocycles. The van der Waals surface area contributed by atoms with E-state index in [1.165, 1.54) is 18.4 Å². The molecule has 1 aliphatic rings. The van der Waals surface area contributed by atoms with Gasteiger partial charge in [-0.15, -0.1) is 0 Å². The topological polar surface area (TPSA) is 45.5 Å². The zero-order valence-electron chi connectivity index (χ0n) is 15.1. The van der Waals surface area contributed by atoms with Gasteiger partial charge in [0.25, 0.3) is 0 Å². The highest BCUT2D eigenvalue weighted by molar-refractivity contribution is 5.80. The van der Waals surface area contributed by atoms with E-state index in [1.54, 1.807) is 0 Å². The van der Waals surface area contributed by atoms with Crippen LogP contribution in [-0.2, 0) is 6.54 Å². The van der Waals surface area contributed by atoms with Crippen LogP contribution in [0, 0.1) is 12.8 Å². The Morgan fingerprint density at radius 3 is 2.79 bits per heavy atom. The average molecular weight is 327 g/mol. The van der Waals surface area contributed by atoms with Crippen molar-refractivity contribution < 1.29 is 0 Å². The molecule has 0 spiro atoms. The summed E-state index contributed by atoms with van der Waals surface area (Å²) in [6, 6.07) is 8.32. The summed E-state index contributed by atoms with van der Waals surface area (Å²) in [7, 11) is 0. The summed E-state index contributed by atoms with van der Waals surface area (Å²) in [6.07, 6.45) is 2.52. The van der Waals surface area contributed by atoms with Crippen LogP contribution in [0.1, 0.15) is 32.5 Å². The number of imidazole rings is 1. The molecule has 0 radical (unpaired) electrons. The maximum absolute atomic E-state index is 4.87. The molecular formula is C19H29N5. The molecule has 0 amide bonds. The summed E-state index contributed by atoms with van der Waals surface area (Å²) >= 11 is 0. The number of guanidine groups is 1. The number of aromatic nitrogens is 2. The zero-order chi connectivity index (χ0) is 16.9. The highest BCUT2D eigenvalue weighted by atomic mass is 15.3. The summed E-state index contributed by atoms with van der Waals surface area (Å²) in [4.78, 5) is 11.9. The molecular weight excluding hydrogens is 298 g/mol. The summed E-state index contributed by atoms with van der Waals surface area (Å²) in [6.45, 7) is 11.3. The molecule has 0 aliphatic carbocycles. The lowest BCUT2D eigenvalue weighted by Crippen LogP contribution is -2.45. The van der Waals surface area contributed by atoms with Crippen molar-refractivity contribution in [1.82, 2.24) is 19.8 Å². The molecule has 1 saturated heterocycles. The number of aliphatic imine (C=N–C) groups is 1. The second-order valence-corrected chi connectivity index (χ2v) is 6.70. The minimum absolute atomic E-state index is 0.773. The van der Waals surface area contributed by atoms with E-state index in [1.807, 2.05) is 6.07 Å². The number of para-hydroxylation sites is 2. The van der Waals surface area contributed by atoms with Crippen LogP contribution in [0.3, 0.4) is 0 Å². The molecule has 24 heavy (non-hydrogen) atoms. The quantitative estimate of drug-likeness (QED) is 0.693. The average Bonchev–Trinajstić information content (AvgIpc) is 2.90. The second kappa shape index (κ2) is 7.69. The molecule has 1 aromatic carbocycles. The van der Waals surface area contributed by atoms with Gasteiger partial charge >= 0.3 is 0 Å². The third kappa shape index (κ3) is 3.71. The van der Waals surface area contributed by atoms with Crippen molar-refractivity contribution in [2.45, 2.75) is 40.2 Å². The van der Waals surface area contributed by atoms with E-state index in [9.17, 15) is 0 Å². The lowest BCUT2D eigenvalue weighted by Gasteiger charge is -2.33. The number of nitrogens with zero attached hydrogens (tertiary/aromatic N) is 4. The van der Waals surface area contributed by atoms with Crippen LogP contribution in [-0.4, -0.2) is 46.6 Å². The molecule has 1 N–H and O–H groups in total. The predicted molar refractivity (Wildman–Crippen MR) is 100 cm³/mol. The number of piperidine rings is 1. The van der Waals surface area contributed by atoms with Crippen molar-refractivity contribution in [3.8, 4) is 0 Å². The van der Waals surface area contributed by atoms with Gasteiger partial charge in [0.15, 0.2) is 5.96 Å². The summed E-state index contributed by atoms with van der Waals surface area (Å²) < 4.78 is 2.26. The number of aryl methyl sites for hydroxylation is 1. The Morgan fingerprint density at radius 1 is 1.29 bits per heavy atom.